The van der Waals surface area contributed by atoms with Crippen LogP contribution in [0.15, 0.2) is 24.3 Å². The molecule has 0 spiro atoms. The number of rotatable bonds is 12. The first-order chi connectivity index (χ1) is 10.8. The van der Waals surface area contributed by atoms with Crippen molar-refractivity contribution >= 4 is 21.9 Å². The molecule has 1 rings (SSSR count). The molecule has 0 atom stereocenters. The van der Waals surface area contributed by atoms with Crippen LogP contribution in [-0.4, -0.2) is 31.1 Å². The molecule has 3 nitrogen and oxygen atoms in total. The van der Waals surface area contributed by atoms with Crippen LogP contribution in [0.5, 0.6) is 0 Å². The van der Waals surface area contributed by atoms with Crippen molar-refractivity contribution in [2.45, 2.75) is 45.4 Å². The van der Waals surface area contributed by atoms with Crippen molar-refractivity contribution in [2.75, 3.05) is 25.2 Å². The van der Waals surface area contributed by atoms with E-state index in [9.17, 15) is 4.79 Å². The highest BCUT2D eigenvalue weighted by molar-refractivity contribution is 9.09. The molecule has 0 aliphatic rings. The fourth-order valence-electron chi connectivity index (χ4n) is 2.15. The molecule has 124 valence electrons. The second kappa shape index (κ2) is 12.7. The summed E-state index contributed by atoms with van der Waals surface area (Å²) in [7, 11) is 0. The second-order valence-corrected chi connectivity index (χ2v) is 6.03. The number of esters is 1. The average molecular weight is 371 g/mol. The Kier molecular flexibility index (Phi) is 11.0. The van der Waals surface area contributed by atoms with Gasteiger partial charge in [-0.2, -0.15) is 0 Å². The van der Waals surface area contributed by atoms with Crippen LogP contribution in [0, 0.1) is 0 Å². The number of carbonyl (C=O) groups is 1. The lowest BCUT2D eigenvalue weighted by atomic mass is 10.1. The van der Waals surface area contributed by atoms with Crippen LogP contribution in [0.25, 0.3) is 0 Å². The van der Waals surface area contributed by atoms with Gasteiger partial charge in [0.05, 0.1) is 12.2 Å². The minimum atomic E-state index is -0.253. The Hall–Kier alpha value is -0.870. The topological polar surface area (TPSA) is 35.5 Å². The number of ether oxygens (including phenoxy) is 2. The van der Waals surface area contributed by atoms with Crippen LogP contribution in [0.1, 0.15) is 54.9 Å². The van der Waals surface area contributed by atoms with Gasteiger partial charge in [0.15, 0.2) is 0 Å². The van der Waals surface area contributed by atoms with E-state index in [4.69, 9.17) is 9.47 Å². The number of carbonyl (C=O) groups excluding carboxylic acids is 1. The van der Waals surface area contributed by atoms with Crippen LogP contribution >= 0.6 is 15.9 Å². The van der Waals surface area contributed by atoms with Crippen molar-refractivity contribution in [3.05, 3.63) is 35.4 Å². The Morgan fingerprint density at radius 3 is 2.36 bits per heavy atom. The highest BCUT2D eigenvalue weighted by Gasteiger charge is 2.05. The minimum absolute atomic E-state index is 0.253. The van der Waals surface area contributed by atoms with Crippen LogP contribution in [0.4, 0.5) is 0 Å². The highest BCUT2D eigenvalue weighted by Crippen LogP contribution is 2.08. The SMILES string of the molecule is CCOC(=O)c1ccc(CCCOCCCCCCBr)cc1. The normalized spacial score (nSPS) is 10.6. The number of halogens is 1. The van der Waals surface area contributed by atoms with Gasteiger partial charge in [-0.25, -0.2) is 4.79 Å². The monoisotopic (exact) mass is 370 g/mol. The Morgan fingerprint density at radius 2 is 1.68 bits per heavy atom. The van der Waals surface area contributed by atoms with Gasteiger partial charge in [0.1, 0.15) is 0 Å². The summed E-state index contributed by atoms with van der Waals surface area (Å²) in [5.41, 5.74) is 1.85. The van der Waals surface area contributed by atoms with Crippen molar-refractivity contribution in [2.24, 2.45) is 0 Å². The van der Waals surface area contributed by atoms with E-state index in [1.165, 1.54) is 24.8 Å². The number of benzene rings is 1. The van der Waals surface area contributed by atoms with Crippen molar-refractivity contribution in [3.63, 3.8) is 0 Å². The summed E-state index contributed by atoms with van der Waals surface area (Å²) in [6.45, 7) is 3.89. The zero-order valence-corrected chi connectivity index (χ0v) is 15.1. The molecule has 0 fully saturated rings. The summed E-state index contributed by atoms with van der Waals surface area (Å²) in [5.74, 6) is -0.253. The van der Waals surface area contributed by atoms with Crippen LogP contribution in [-0.2, 0) is 15.9 Å². The molecule has 0 saturated heterocycles. The van der Waals surface area contributed by atoms with Crippen molar-refractivity contribution in [3.8, 4) is 0 Å². The van der Waals surface area contributed by atoms with Gasteiger partial charge in [0.25, 0.3) is 0 Å². The lowest BCUT2D eigenvalue weighted by molar-refractivity contribution is 0.0526. The van der Waals surface area contributed by atoms with E-state index in [1.54, 1.807) is 0 Å². The summed E-state index contributed by atoms with van der Waals surface area (Å²) in [4.78, 5) is 11.5. The maximum absolute atomic E-state index is 11.5. The summed E-state index contributed by atoms with van der Waals surface area (Å²) in [6, 6.07) is 7.65. The summed E-state index contributed by atoms with van der Waals surface area (Å²) in [5, 5.41) is 1.10. The summed E-state index contributed by atoms with van der Waals surface area (Å²) < 4.78 is 10.6. The van der Waals surface area contributed by atoms with Gasteiger partial charge >= 0.3 is 5.97 Å². The summed E-state index contributed by atoms with van der Waals surface area (Å²) >= 11 is 3.44. The molecule has 4 heteroatoms. The van der Waals surface area contributed by atoms with Crippen LogP contribution in [0.2, 0.25) is 0 Å². The lowest BCUT2D eigenvalue weighted by Crippen LogP contribution is -2.04. The number of hydrogen-bond acceptors (Lipinski definition) is 3. The quantitative estimate of drug-likeness (QED) is 0.302. The van der Waals surface area contributed by atoms with Crippen molar-refractivity contribution in [1.82, 2.24) is 0 Å². The molecule has 22 heavy (non-hydrogen) atoms. The van der Waals surface area contributed by atoms with E-state index in [2.05, 4.69) is 15.9 Å². The first-order valence-electron chi connectivity index (χ1n) is 8.17. The lowest BCUT2D eigenvalue weighted by Gasteiger charge is -2.06. The molecule has 1 aromatic rings. The third kappa shape index (κ3) is 8.54. The molecule has 0 radical (unpaired) electrons. The molecule has 0 unspecified atom stereocenters. The Labute approximate surface area is 142 Å². The molecular formula is C18H27BrO3. The number of unbranched alkanes of at least 4 members (excludes halogenated alkanes) is 3. The largest absolute Gasteiger partial charge is 0.462 e. The predicted molar refractivity (Wildman–Crippen MR) is 93.8 cm³/mol. The predicted octanol–water partition coefficient (Wildman–Crippen LogP) is 4.77. The molecule has 0 bridgehead atoms. The summed E-state index contributed by atoms with van der Waals surface area (Å²) in [6.07, 6.45) is 6.93. The van der Waals surface area contributed by atoms with Crippen molar-refractivity contribution in [1.29, 1.82) is 0 Å². The van der Waals surface area contributed by atoms with Gasteiger partial charge in [-0.05, 0) is 50.3 Å². The maximum atomic E-state index is 11.5. The third-order valence-electron chi connectivity index (χ3n) is 3.39. The maximum Gasteiger partial charge on any atom is 0.338 e. The van der Waals surface area contributed by atoms with E-state index in [0.717, 1.165) is 37.8 Å². The molecule has 0 aromatic heterocycles. The van der Waals surface area contributed by atoms with Crippen LogP contribution in [0.3, 0.4) is 0 Å². The van der Waals surface area contributed by atoms with Crippen molar-refractivity contribution < 1.29 is 14.3 Å². The first kappa shape index (κ1) is 19.2. The zero-order valence-electron chi connectivity index (χ0n) is 13.5. The zero-order chi connectivity index (χ0) is 16.0. The average Bonchev–Trinajstić information content (AvgIpc) is 2.54. The van der Waals surface area contributed by atoms with E-state index in [1.807, 2.05) is 31.2 Å². The first-order valence-corrected chi connectivity index (χ1v) is 9.30. The van der Waals surface area contributed by atoms with E-state index < -0.39 is 0 Å². The second-order valence-electron chi connectivity index (χ2n) is 5.24. The van der Waals surface area contributed by atoms with Gasteiger partial charge < -0.3 is 9.47 Å². The van der Waals surface area contributed by atoms with E-state index in [-0.39, 0.29) is 5.97 Å². The molecule has 0 aliphatic heterocycles. The number of aryl methyl sites for hydroxylation is 1. The molecule has 0 heterocycles. The molecular weight excluding hydrogens is 344 g/mol. The van der Waals surface area contributed by atoms with Crippen LogP contribution < -0.4 is 0 Å². The van der Waals surface area contributed by atoms with E-state index in [0.29, 0.717) is 12.2 Å². The standard InChI is InChI=1S/C18H27BrO3/c1-2-22-18(20)17-11-9-16(10-12-17)8-7-15-21-14-6-4-3-5-13-19/h9-12H,2-8,13-15H2,1H3. The van der Waals surface area contributed by atoms with Gasteiger partial charge in [-0.15, -0.1) is 0 Å². The van der Waals surface area contributed by atoms with Gasteiger partial charge in [0, 0.05) is 18.5 Å². The third-order valence-corrected chi connectivity index (χ3v) is 3.95. The van der Waals surface area contributed by atoms with Gasteiger partial charge in [0.2, 0.25) is 0 Å². The fraction of sp³-hybridized carbons (Fsp3) is 0.611. The minimum Gasteiger partial charge on any atom is -0.462 e. The molecule has 0 aliphatic carbocycles. The number of hydrogen-bond donors (Lipinski definition) is 0. The van der Waals surface area contributed by atoms with E-state index >= 15 is 0 Å². The Balaban J connectivity index is 2.09. The molecule has 1 aromatic carbocycles. The highest BCUT2D eigenvalue weighted by atomic mass is 79.9. The fourth-order valence-corrected chi connectivity index (χ4v) is 2.55. The Bertz CT molecular complexity index is 403. The van der Waals surface area contributed by atoms with Gasteiger partial charge in [-0.3, -0.25) is 0 Å². The molecule has 0 saturated carbocycles. The molecule has 0 N–H and O–H groups in total. The molecule has 0 amide bonds. The number of alkyl halides is 1. The van der Waals surface area contributed by atoms with Gasteiger partial charge in [-0.1, -0.05) is 40.9 Å². The Morgan fingerprint density at radius 1 is 1.00 bits per heavy atom. The smallest absolute Gasteiger partial charge is 0.338 e.